The lowest BCUT2D eigenvalue weighted by Crippen LogP contribution is -1.92. The topological polar surface area (TPSA) is 71.2 Å². The maximum absolute atomic E-state index is 9.87. The summed E-state index contributed by atoms with van der Waals surface area (Å²) in [4.78, 5) is 8.45. The molecule has 5 heteroatoms. The first kappa shape index (κ1) is 10.6. The van der Waals surface area contributed by atoms with Gasteiger partial charge in [0.1, 0.15) is 22.8 Å². The van der Waals surface area contributed by atoms with Gasteiger partial charge in [-0.1, -0.05) is 0 Å². The zero-order chi connectivity index (χ0) is 12.7. The van der Waals surface area contributed by atoms with Crippen molar-refractivity contribution in [2.24, 2.45) is 7.05 Å². The molecule has 0 unspecified atom stereocenters. The minimum atomic E-state index is 0.00126. The second-order valence-electron chi connectivity index (χ2n) is 4.06. The van der Waals surface area contributed by atoms with Crippen LogP contribution in [0.2, 0.25) is 0 Å². The predicted octanol–water partition coefficient (Wildman–Crippen LogP) is 2.05. The molecule has 90 valence electrons. The largest absolute Gasteiger partial charge is 0.508 e. The Hall–Kier alpha value is -2.56. The molecule has 0 bridgehead atoms. The van der Waals surface area contributed by atoms with Crippen LogP contribution in [-0.4, -0.2) is 24.7 Å². The maximum Gasteiger partial charge on any atom is 0.144 e. The van der Waals surface area contributed by atoms with Gasteiger partial charge >= 0.3 is 0 Å². The Labute approximate surface area is 103 Å². The average molecular weight is 241 g/mol. The van der Waals surface area contributed by atoms with Crippen LogP contribution in [0.4, 0.5) is 0 Å². The fraction of sp³-hybridized carbons (Fsp3) is 0.0769. The number of pyridine rings is 1. The van der Waals surface area contributed by atoms with Crippen LogP contribution >= 0.6 is 0 Å². The lowest BCUT2D eigenvalue weighted by Gasteiger charge is -2.05. The lowest BCUT2D eigenvalue weighted by atomic mass is 10.2. The smallest absolute Gasteiger partial charge is 0.144 e. The standard InChI is InChI=1S/C13H11N3O2/c1-16-11-4-5-14-7-10(11)15-13(16)9-3-2-8(17)6-12(9)18/h2-7,17-18H,1H3. The van der Waals surface area contributed by atoms with Crippen LogP contribution in [0, 0.1) is 0 Å². The van der Waals surface area contributed by atoms with Crippen molar-refractivity contribution in [1.29, 1.82) is 0 Å². The lowest BCUT2D eigenvalue weighted by molar-refractivity contribution is 0.451. The molecule has 2 heterocycles. The summed E-state index contributed by atoms with van der Waals surface area (Å²) in [5, 5.41) is 19.2. The number of hydrogen-bond donors (Lipinski definition) is 2. The molecular weight excluding hydrogens is 230 g/mol. The predicted molar refractivity (Wildman–Crippen MR) is 67.3 cm³/mol. The molecule has 0 saturated heterocycles. The molecule has 0 spiro atoms. The van der Waals surface area contributed by atoms with Gasteiger partial charge in [-0.15, -0.1) is 0 Å². The highest BCUT2D eigenvalue weighted by Crippen LogP contribution is 2.32. The number of imidazole rings is 1. The number of aromatic hydroxyl groups is 2. The van der Waals surface area contributed by atoms with Gasteiger partial charge in [-0.25, -0.2) is 4.98 Å². The van der Waals surface area contributed by atoms with E-state index in [1.54, 1.807) is 18.5 Å². The van der Waals surface area contributed by atoms with Crippen LogP contribution in [0.1, 0.15) is 0 Å². The van der Waals surface area contributed by atoms with Gasteiger partial charge in [-0.2, -0.15) is 0 Å². The molecule has 0 atom stereocenters. The first-order valence-corrected chi connectivity index (χ1v) is 5.45. The summed E-state index contributed by atoms with van der Waals surface area (Å²) in [5.41, 5.74) is 2.28. The Bertz CT molecular complexity index is 734. The number of fused-ring (bicyclic) bond motifs is 1. The fourth-order valence-electron chi connectivity index (χ4n) is 2.00. The van der Waals surface area contributed by atoms with Crippen molar-refractivity contribution in [1.82, 2.24) is 14.5 Å². The van der Waals surface area contributed by atoms with Gasteiger partial charge in [0, 0.05) is 19.3 Å². The fourth-order valence-corrected chi connectivity index (χ4v) is 2.00. The average Bonchev–Trinajstić information content (AvgIpc) is 2.68. The molecular formula is C13H11N3O2. The van der Waals surface area contributed by atoms with Crippen molar-refractivity contribution in [2.45, 2.75) is 0 Å². The highest BCUT2D eigenvalue weighted by atomic mass is 16.3. The third-order valence-electron chi connectivity index (χ3n) is 2.91. The molecule has 2 aromatic heterocycles. The molecule has 0 aliphatic rings. The zero-order valence-electron chi connectivity index (χ0n) is 9.70. The zero-order valence-corrected chi connectivity index (χ0v) is 9.70. The number of nitrogens with zero attached hydrogens (tertiary/aromatic N) is 3. The van der Waals surface area contributed by atoms with E-state index in [1.165, 1.54) is 12.1 Å². The van der Waals surface area contributed by atoms with E-state index in [4.69, 9.17) is 0 Å². The molecule has 18 heavy (non-hydrogen) atoms. The van der Waals surface area contributed by atoms with Gasteiger partial charge in [-0.05, 0) is 18.2 Å². The van der Waals surface area contributed by atoms with E-state index in [1.807, 2.05) is 17.7 Å². The van der Waals surface area contributed by atoms with Crippen molar-refractivity contribution in [3.63, 3.8) is 0 Å². The molecule has 0 aliphatic heterocycles. The monoisotopic (exact) mass is 241 g/mol. The van der Waals surface area contributed by atoms with Gasteiger partial charge in [0.05, 0.1) is 17.3 Å². The van der Waals surface area contributed by atoms with Gasteiger partial charge in [0.25, 0.3) is 0 Å². The summed E-state index contributed by atoms with van der Waals surface area (Å²) in [5.74, 6) is 0.661. The number of aromatic nitrogens is 3. The van der Waals surface area contributed by atoms with Crippen molar-refractivity contribution in [3.8, 4) is 22.9 Å². The Kier molecular flexibility index (Phi) is 2.19. The summed E-state index contributed by atoms with van der Waals surface area (Å²) in [6, 6.07) is 6.32. The van der Waals surface area contributed by atoms with Crippen LogP contribution in [0.3, 0.4) is 0 Å². The molecule has 2 N–H and O–H groups in total. The molecule has 0 radical (unpaired) electrons. The van der Waals surface area contributed by atoms with Gasteiger partial charge in [0.2, 0.25) is 0 Å². The van der Waals surface area contributed by atoms with Gasteiger partial charge < -0.3 is 14.8 Å². The van der Waals surface area contributed by atoms with Crippen LogP contribution < -0.4 is 0 Å². The first-order valence-electron chi connectivity index (χ1n) is 5.45. The third-order valence-corrected chi connectivity index (χ3v) is 2.91. The SMILES string of the molecule is Cn1c(-c2ccc(O)cc2O)nc2cnccc21. The van der Waals surface area contributed by atoms with E-state index in [9.17, 15) is 10.2 Å². The Morgan fingerprint density at radius 3 is 2.72 bits per heavy atom. The van der Waals surface area contributed by atoms with Crippen LogP contribution in [0.5, 0.6) is 11.5 Å². The van der Waals surface area contributed by atoms with Gasteiger partial charge in [-0.3, -0.25) is 4.98 Å². The number of rotatable bonds is 1. The molecule has 3 aromatic rings. The Morgan fingerprint density at radius 1 is 1.17 bits per heavy atom. The molecule has 0 aliphatic carbocycles. The molecule has 0 saturated carbocycles. The number of aryl methyl sites for hydroxylation is 1. The van der Waals surface area contributed by atoms with E-state index in [0.29, 0.717) is 11.4 Å². The van der Waals surface area contributed by atoms with Crippen molar-refractivity contribution < 1.29 is 10.2 Å². The van der Waals surface area contributed by atoms with Crippen molar-refractivity contribution in [2.75, 3.05) is 0 Å². The van der Waals surface area contributed by atoms with Crippen LogP contribution in [0.25, 0.3) is 22.4 Å². The third kappa shape index (κ3) is 1.48. The van der Waals surface area contributed by atoms with E-state index in [2.05, 4.69) is 9.97 Å². The first-order chi connectivity index (χ1) is 8.66. The summed E-state index contributed by atoms with van der Waals surface area (Å²) >= 11 is 0. The molecule has 3 rings (SSSR count). The van der Waals surface area contributed by atoms with Crippen molar-refractivity contribution >= 4 is 11.0 Å². The van der Waals surface area contributed by atoms with E-state index in [0.717, 1.165) is 11.0 Å². The Balaban J connectivity index is 2.28. The van der Waals surface area contributed by atoms with Crippen LogP contribution in [0.15, 0.2) is 36.7 Å². The van der Waals surface area contributed by atoms with Crippen molar-refractivity contribution in [3.05, 3.63) is 36.7 Å². The van der Waals surface area contributed by atoms with E-state index in [-0.39, 0.29) is 11.5 Å². The van der Waals surface area contributed by atoms with E-state index >= 15 is 0 Å². The van der Waals surface area contributed by atoms with Crippen LogP contribution in [-0.2, 0) is 7.05 Å². The molecule has 5 nitrogen and oxygen atoms in total. The number of benzene rings is 1. The highest BCUT2D eigenvalue weighted by molar-refractivity contribution is 5.81. The van der Waals surface area contributed by atoms with E-state index < -0.39 is 0 Å². The summed E-state index contributed by atoms with van der Waals surface area (Å²) in [6.07, 6.45) is 3.38. The molecule has 1 aromatic carbocycles. The number of phenols is 2. The molecule has 0 fully saturated rings. The Morgan fingerprint density at radius 2 is 2.00 bits per heavy atom. The minimum Gasteiger partial charge on any atom is -0.508 e. The minimum absolute atomic E-state index is 0.00126. The maximum atomic E-state index is 9.87. The second kappa shape index (κ2) is 3.73. The second-order valence-corrected chi connectivity index (χ2v) is 4.06. The quantitative estimate of drug-likeness (QED) is 0.684. The number of hydrogen-bond acceptors (Lipinski definition) is 4. The normalized spacial score (nSPS) is 10.9. The summed E-state index contributed by atoms with van der Waals surface area (Å²) < 4.78 is 1.88. The van der Waals surface area contributed by atoms with Gasteiger partial charge in [0.15, 0.2) is 0 Å². The molecule has 0 amide bonds. The summed E-state index contributed by atoms with van der Waals surface area (Å²) in [6.45, 7) is 0. The highest BCUT2D eigenvalue weighted by Gasteiger charge is 2.13. The number of phenolic OH excluding ortho intramolecular Hbond substituents is 2. The summed E-state index contributed by atoms with van der Waals surface area (Å²) in [7, 11) is 1.87.